The van der Waals surface area contributed by atoms with Crippen LogP contribution in [0.4, 0.5) is 0 Å². The summed E-state index contributed by atoms with van der Waals surface area (Å²) < 4.78 is 5.28. The van der Waals surface area contributed by atoms with Crippen molar-refractivity contribution in [3.8, 4) is 0 Å². The number of hydrogen-bond donors (Lipinski definition) is 0. The van der Waals surface area contributed by atoms with Gasteiger partial charge in [0.05, 0.1) is 0 Å². The van der Waals surface area contributed by atoms with Gasteiger partial charge in [-0.25, -0.2) is 0 Å². The first-order valence-corrected chi connectivity index (χ1v) is 6.22. The number of benzene rings is 2. The summed E-state index contributed by atoms with van der Waals surface area (Å²) in [5.74, 6) is 0.364. The first kappa shape index (κ1) is 13.1. The highest BCUT2D eigenvalue weighted by Crippen LogP contribution is 2.14. The van der Waals surface area contributed by atoms with E-state index in [9.17, 15) is 4.79 Å². The summed E-state index contributed by atoms with van der Waals surface area (Å²) in [5, 5.41) is 0. The fourth-order valence-corrected chi connectivity index (χ4v) is 1.83. The monoisotopic (exact) mass is 252 g/mol. The van der Waals surface area contributed by atoms with E-state index in [4.69, 9.17) is 4.74 Å². The molecule has 0 spiro atoms. The van der Waals surface area contributed by atoms with Crippen molar-refractivity contribution in [2.45, 2.75) is 13.3 Å². The highest BCUT2D eigenvalue weighted by molar-refractivity contribution is 5.69. The molecule has 0 amide bonds. The Bertz CT molecular complexity index is 556. The number of carbonyl (C=O) groups excluding carboxylic acids is 1. The smallest absolute Gasteiger partial charge is 0.307 e. The average Bonchev–Trinajstić information content (AvgIpc) is 2.40. The summed E-state index contributed by atoms with van der Waals surface area (Å²) in [4.78, 5) is 11.2. The molecule has 0 saturated heterocycles. The Balaban J connectivity index is 2.21. The van der Waals surface area contributed by atoms with E-state index in [0.717, 1.165) is 11.1 Å². The van der Waals surface area contributed by atoms with Crippen molar-refractivity contribution in [2.24, 2.45) is 0 Å². The van der Waals surface area contributed by atoms with Crippen molar-refractivity contribution >= 4 is 12.0 Å². The molecule has 0 aliphatic carbocycles. The van der Waals surface area contributed by atoms with Crippen LogP contribution in [0.25, 0.3) is 6.08 Å². The Morgan fingerprint density at radius 1 is 1.00 bits per heavy atom. The van der Waals surface area contributed by atoms with Gasteiger partial charge < -0.3 is 4.74 Å². The second-order valence-corrected chi connectivity index (χ2v) is 4.28. The molecule has 0 heterocycles. The minimum Gasteiger partial charge on any atom is -0.431 e. The van der Waals surface area contributed by atoms with E-state index >= 15 is 0 Å². The van der Waals surface area contributed by atoms with E-state index in [1.54, 1.807) is 0 Å². The van der Waals surface area contributed by atoms with E-state index in [1.807, 2.05) is 66.7 Å². The molecule has 2 heteroatoms. The largest absolute Gasteiger partial charge is 0.431 e. The van der Waals surface area contributed by atoms with Gasteiger partial charge in [0.15, 0.2) is 0 Å². The molecule has 0 aliphatic rings. The summed E-state index contributed by atoms with van der Waals surface area (Å²) in [7, 11) is 0. The van der Waals surface area contributed by atoms with Crippen molar-refractivity contribution < 1.29 is 9.53 Å². The maximum absolute atomic E-state index is 11.2. The molecular weight excluding hydrogens is 236 g/mol. The van der Waals surface area contributed by atoms with Crippen molar-refractivity contribution in [1.29, 1.82) is 0 Å². The van der Waals surface area contributed by atoms with Gasteiger partial charge in [0.2, 0.25) is 0 Å². The molecule has 2 rings (SSSR count). The van der Waals surface area contributed by atoms with Crippen LogP contribution in [-0.2, 0) is 16.0 Å². The minimum atomic E-state index is -0.293. The number of allylic oxidation sites excluding steroid dienone is 1. The molecule has 2 aromatic rings. The lowest BCUT2D eigenvalue weighted by Gasteiger charge is -2.07. The number of carbonyl (C=O) groups is 1. The molecule has 0 aromatic heterocycles. The second kappa shape index (κ2) is 6.55. The Morgan fingerprint density at radius 3 is 2.16 bits per heavy atom. The van der Waals surface area contributed by atoms with Crippen molar-refractivity contribution in [2.75, 3.05) is 0 Å². The van der Waals surface area contributed by atoms with E-state index in [-0.39, 0.29) is 5.97 Å². The van der Waals surface area contributed by atoms with Crippen LogP contribution >= 0.6 is 0 Å². The number of esters is 1. The number of ether oxygens (including phenoxy) is 1. The van der Waals surface area contributed by atoms with Crippen LogP contribution in [-0.4, -0.2) is 5.97 Å². The van der Waals surface area contributed by atoms with Gasteiger partial charge >= 0.3 is 5.97 Å². The lowest BCUT2D eigenvalue weighted by Crippen LogP contribution is -2.01. The van der Waals surface area contributed by atoms with E-state index in [1.165, 1.54) is 6.92 Å². The summed E-state index contributed by atoms with van der Waals surface area (Å²) in [6, 6.07) is 19.8. The molecule has 0 radical (unpaired) electrons. The van der Waals surface area contributed by atoms with Crippen LogP contribution in [0.5, 0.6) is 0 Å². The van der Waals surface area contributed by atoms with E-state index in [0.29, 0.717) is 12.2 Å². The third-order valence-corrected chi connectivity index (χ3v) is 2.62. The molecular formula is C17H16O2. The molecule has 0 bridgehead atoms. The van der Waals surface area contributed by atoms with Gasteiger partial charge in [-0.1, -0.05) is 60.7 Å². The van der Waals surface area contributed by atoms with Gasteiger partial charge in [0, 0.05) is 13.3 Å². The molecule has 19 heavy (non-hydrogen) atoms. The van der Waals surface area contributed by atoms with Crippen molar-refractivity contribution in [3.63, 3.8) is 0 Å². The summed E-state index contributed by atoms with van der Waals surface area (Å²) in [5.41, 5.74) is 2.14. The Morgan fingerprint density at radius 2 is 1.58 bits per heavy atom. The number of rotatable bonds is 4. The zero-order chi connectivity index (χ0) is 13.5. The lowest BCUT2D eigenvalue weighted by molar-refractivity contribution is -0.136. The first-order chi connectivity index (χ1) is 9.24. The number of hydrogen-bond acceptors (Lipinski definition) is 2. The Kier molecular flexibility index (Phi) is 4.51. The van der Waals surface area contributed by atoms with Gasteiger partial charge in [-0.15, -0.1) is 0 Å². The van der Waals surface area contributed by atoms with Gasteiger partial charge in [0.1, 0.15) is 5.76 Å². The highest BCUT2D eigenvalue weighted by Gasteiger charge is 2.04. The predicted molar refractivity (Wildman–Crippen MR) is 76.3 cm³/mol. The summed E-state index contributed by atoms with van der Waals surface area (Å²) in [6.45, 7) is 1.42. The minimum absolute atomic E-state index is 0.293. The molecule has 0 atom stereocenters. The Labute approximate surface area is 113 Å². The topological polar surface area (TPSA) is 26.3 Å². The highest BCUT2D eigenvalue weighted by atomic mass is 16.5. The van der Waals surface area contributed by atoms with Crippen molar-refractivity contribution in [1.82, 2.24) is 0 Å². The maximum atomic E-state index is 11.2. The molecule has 0 aliphatic heterocycles. The van der Waals surface area contributed by atoms with Crippen LogP contribution in [0.2, 0.25) is 0 Å². The van der Waals surface area contributed by atoms with Gasteiger partial charge in [-0.05, 0) is 17.2 Å². The Hall–Kier alpha value is -2.35. The molecule has 2 aromatic carbocycles. The molecule has 2 nitrogen and oxygen atoms in total. The zero-order valence-corrected chi connectivity index (χ0v) is 10.9. The van der Waals surface area contributed by atoms with Crippen LogP contribution in [0.15, 0.2) is 66.4 Å². The quantitative estimate of drug-likeness (QED) is 0.610. The van der Waals surface area contributed by atoms with Crippen LogP contribution in [0, 0.1) is 0 Å². The summed E-state index contributed by atoms with van der Waals surface area (Å²) in [6.07, 6.45) is 2.50. The van der Waals surface area contributed by atoms with E-state index < -0.39 is 0 Å². The lowest BCUT2D eigenvalue weighted by atomic mass is 10.1. The molecule has 96 valence electrons. The normalized spacial score (nSPS) is 11.1. The molecule has 0 unspecified atom stereocenters. The first-order valence-electron chi connectivity index (χ1n) is 6.22. The fourth-order valence-electron chi connectivity index (χ4n) is 1.83. The van der Waals surface area contributed by atoms with Gasteiger partial charge in [-0.2, -0.15) is 0 Å². The maximum Gasteiger partial charge on any atom is 0.307 e. The van der Waals surface area contributed by atoms with Crippen LogP contribution in [0.1, 0.15) is 18.1 Å². The van der Waals surface area contributed by atoms with Crippen LogP contribution < -0.4 is 0 Å². The van der Waals surface area contributed by atoms with Crippen molar-refractivity contribution in [3.05, 3.63) is 77.5 Å². The van der Waals surface area contributed by atoms with Gasteiger partial charge in [0.25, 0.3) is 0 Å². The molecule has 0 saturated carbocycles. The SMILES string of the molecule is CC(=O)O/C(=C\c1ccccc1)Cc1ccccc1. The molecule has 0 N–H and O–H groups in total. The third-order valence-electron chi connectivity index (χ3n) is 2.62. The second-order valence-electron chi connectivity index (χ2n) is 4.28. The average molecular weight is 252 g/mol. The standard InChI is InChI=1S/C17H16O2/c1-14(18)19-17(12-15-8-4-2-5-9-15)13-16-10-6-3-7-11-16/h2-12H,13H2,1H3/b17-12-. The van der Waals surface area contributed by atoms with E-state index in [2.05, 4.69) is 0 Å². The predicted octanol–water partition coefficient (Wildman–Crippen LogP) is 3.83. The van der Waals surface area contributed by atoms with Gasteiger partial charge in [-0.3, -0.25) is 4.79 Å². The molecule has 0 fully saturated rings. The third kappa shape index (κ3) is 4.43. The zero-order valence-electron chi connectivity index (χ0n) is 10.9. The fraction of sp³-hybridized carbons (Fsp3) is 0.118. The van der Waals surface area contributed by atoms with Crippen LogP contribution in [0.3, 0.4) is 0 Å². The summed E-state index contributed by atoms with van der Waals surface area (Å²) >= 11 is 0.